The fraction of sp³-hybridized carbons (Fsp3) is 0.500. The fourth-order valence-electron chi connectivity index (χ4n) is 3.79. The molecule has 0 amide bonds. The molecule has 1 aromatic carbocycles. The van der Waals surface area contributed by atoms with Gasteiger partial charge in [0.15, 0.2) is 11.5 Å². The number of ether oxygens (including phenoxy) is 8. The van der Waals surface area contributed by atoms with Crippen molar-refractivity contribution in [2.24, 2.45) is 9.98 Å². The first-order valence-electron chi connectivity index (χ1n) is 12.5. The molecule has 37 heavy (non-hydrogen) atoms. The Hall–Kier alpha value is -3.41. The van der Waals surface area contributed by atoms with Crippen LogP contribution < -0.4 is 14.2 Å². The SMILES string of the molecule is c1cc2c(cc1COc1cc(C3=NCCO3)nc(C3=NCCO3)c1)OCCOCCOCCOCCO2. The van der Waals surface area contributed by atoms with Crippen LogP contribution in [0.4, 0.5) is 0 Å². The van der Waals surface area contributed by atoms with Crippen LogP contribution in [0, 0.1) is 0 Å². The van der Waals surface area contributed by atoms with Gasteiger partial charge in [0.1, 0.15) is 50.2 Å². The molecule has 0 saturated heterocycles. The molecule has 0 radical (unpaired) electrons. The maximum Gasteiger partial charge on any atom is 0.235 e. The standard InChI is InChI=1S/C26H31N3O8/c1-2-23-24(34-14-12-32-10-8-30-7-9-31-11-13-33-23)15-19(1)18-37-20-16-21(25-27-3-5-35-25)29-22(17-20)26-28-4-6-36-26/h1-2,15-17H,3-14,18H2. The topological polar surface area (TPSA) is 111 Å². The van der Waals surface area contributed by atoms with E-state index >= 15 is 0 Å². The zero-order valence-corrected chi connectivity index (χ0v) is 20.7. The van der Waals surface area contributed by atoms with Crippen LogP contribution in [0.2, 0.25) is 0 Å². The van der Waals surface area contributed by atoms with E-state index in [9.17, 15) is 0 Å². The van der Waals surface area contributed by atoms with E-state index < -0.39 is 0 Å². The molecule has 0 fully saturated rings. The predicted molar refractivity (Wildman–Crippen MR) is 133 cm³/mol. The van der Waals surface area contributed by atoms with Crippen molar-refractivity contribution in [1.82, 2.24) is 4.98 Å². The third kappa shape index (κ3) is 7.31. The van der Waals surface area contributed by atoms with Gasteiger partial charge in [-0.15, -0.1) is 0 Å². The minimum atomic E-state index is 0.303. The summed E-state index contributed by atoms with van der Waals surface area (Å²) in [6.07, 6.45) is 0. The number of pyridine rings is 1. The summed E-state index contributed by atoms with van der Waals surface area (Å²) < 4.78 is 45.8. The lowest BCUT2D eigenvalue weighted by molar-refractivity contribution is 0.00708. The third-order valence-electron chi connectivity index (χ3n) is 5.54. The molecule has 3 aliphatic heterocycles. The van der Waals surface area contributed by atoms with Crippen LogP contribution in [0.15, 0.2) is 40.3 Å². The summed E-state index contributed by atoms with van der Waals surface area (Å²) in [7, 11) is 0. The Balaban J connectivity index is 1.28. The van der Waals surface area contributed by atoms with E-state index in [-0.39, 0.29) is 0 Å². The number of hydrogen-bond acceptors (Lipinski definition) is 11. The highest BCUT2D eigenvalue weighted by Gasteiger charge is 2.19. The van der Waals surface area contributed by atoms with Crippen molar-refractivity contribution in [3.63, 3.8) is 0 Å². The molecule has 0 spiro atoms. The molecule has 198 valence electrons. The molecule has 5 rings (SSSR count). The highest BCUT2D eigenvalue weighted by Crippen LogP contribution is 2.29. The number of rotatable bonds is 5. The molecule has 11 nitrogen and oxygen atoms in total. The Kier molecular flexibility index (Phi) is 9.02. The summed E-state index contributed by atoms with van der Waals surface area (Å²) in [6, 6.07) is 9.35. The summed E-state index contributed by atoms with van der Waals surface area (Å²) in [6.45, 7) is 6.37. The average Bonchev–Trinajstić information content (AvgIpc) is 3.65. The first-order chi connectivity index (χ1) is 18.3. The van der Waals surface area contributed by atoms with E-state index in [0.29, 0.717) is 126 Å². The lowest BCUT2D eigenvalue weighted by Crippen LogP contribution is -2.13. The zero-order chi connectivity index (χ0) is 25.1. The second-order valence-corrected chi connectivity index (χ2v) is 8.25. The minimum absolute atomic E-state index is 0.303. The Labute approximate surface area is 215 Å². The molecule has 0 unspecified atom stereocenters. The average molecular weight is 514 g/mol. The van der Waals surface area contributed by atoms with Crippen molar-refractivity contribution in [3.05, 3.63) is 47.3 Å². The van der Waals surface area contributed by atoms with Gasteiger partial charge in [-0.2, -0.15) is 0 Å². The fourth-order valence-corrected chi connectivity index (χ4v) is 3.79. The second-order valence-electron chi connectivity index (χ2n) is 8.25. The monoisotopic (exact) mass is 513 g/mol. The van der Waals surface area contributed by atoms with Crippen LogP contribution in [0.5, 0.6) is 17.2 Å². The molecular weight excluding hydrogens is 482 g/mol. The molecule has 2 aromatic rings. The van der Waals surface area contributed by atoms with Crippen LogP contribution in [0.25, 0.3) is 0 Å². The van der Waals surface area contributed by atoms with Crippen molar-refractivity contribution >= 4 is 11.8 Å². The van der Waals surface area contributed by atoms with Gasteiger partial charge in [0, 0.05) is 12.1 Å². The van der Waals surface area contributed by atoms with Gasteiger partial charge in [0.2, 0.25) is 11.8 Å². The van der Waals surface area contributed by atoms with Crippen molar-refractivity contribution in [1.29, 1.82) is 0 Å². The first-order valence-corrected chi connectivity index (χ1v) is 12.5. The molecule has 11 heteroatoms. The Morgan fingerprint density at radius 3 is 1.73 bits per heavy atom. The van der Waals surface area contributed by atoms with E-state index in [4.69, 9.17) is 37.9 Å². The van der Waals surface area contributed by atoms with Crippen molar-refractivity contribution < 1.29 is 37.9 Å². The molecule has 0 aliphatic carbocycles. The van der Waals surface area contributed by atoms with Gasteiger partial charge < -0.3 is 37.9 Å². The summed E-state index contributed by atoms with van der Waals surface area (Å²) >= 11 is 0. The number of nitrogens with zero attached hydrogens (tertiary/aromatic N) is 3. The van der Waals surface area contributed by atoms with Gasteiger partial charge in [0.25, 0.3) is 0 Å². The molecule has 0 atom stereocenters. The highest BCUT2D eigenvalue weighted by molar-refractivity contribution is 5.97. The summed E-state index contributed by atoms with van der Waals surface area (Å²) in [4.78, 5) is 13.4. The smallest absolute Gasteiger partial charge is 0.235 e. The van der Waals surface area contributed by atoms with E-state index in [1.807, 2.05) is 30.3 Å². The third-order valence-corrected chi connectivity index (χ3v) is 5.54. The van der Waals surface area contributed by atoms with Gasteiger partial charge in [-0.1, -0.05) is 6.07 Å². The normalized spacial score (nSPS) is 19.0. The lowest BCUT2D eigenvalue weighted by Gasteiger charge is -2.15. The molecule has 0 saturated carbocycles. The van der Waals surface area contributed by atoms with Gasteiger partial charge >= 0.3 is 0 Å². The van der Waals surface area contributed by atoms with E-state index in [0.717, 1.165) is 5.56 Å². The van der Waals surface area contributed by atoms with Gasteiger partial charge in [-0.3, -0.25) is 0 Å². The largest absolute Gasteiger partial charge is 0.489 e. The van der Waals surface area contributed by atoms with E-state index in [1.54, 1.807) is 0 Å². The van der Waals surface area contributed by atoms with Crippen LogP contribution in [0.3, 0.4) is 0 Å². The maximum absolute atomic E-state index is 6.15. The van der Waals surface area contributed by atoms with E-state index in [2.05, 4.69) is 15.0 Å². The summed E-state index contributed by atoms with van der Waals surface area (Å²) in [5.74, 6) is 2.86. The highest BCUT2D eigenvalue weighted by atomic mass is 16.6. The van der Waals surface area contributed by atoms with Gasteiger partial charge in [-0.05, 0) is 17.7 Å². The minimum Gasteiger partial charge on any atom is -0.489 e. The van der Waals surface area contributed by atoms with Crippen molar-refractivity contribution in [3.8, 4) is 17.2 Å². The number of fused-ring (bicyclic) bond motifs is 1. The lowest BCUT2D eigenvalue weighted by atomic mass is 10.2. The first kappa shape index (κ1) is 25.2. The van der Waals surface area contributed by atoms with E-state index in [1.165, 1.54) is 0 Å². The molecule has 0 N–H and O–H groups in total. The zero-order valence-electron chi connectivity index (χ0n) is 20.7. The quantitative estimate of drug-likeness (QED) is 0.593. The predicted octanol–water partition coefficient (Wildman–Crippen LogP) is 2.04. The number of aliphatic imine (C=N–C) groups is 2. The van der Waals surface area contributed by atoms with Gasteiger partial charge in [-0.25, -0.2) is 15.0 Å². The second kappa shape index (κ2) is 13.2. The molecule has 0 bridgehead atoms. The molecule has 3 aliphatic rings. The number of aromatic nitrogens is 1. The Morgan fingerprint density at radius 1 is 0.595 bits per heavy atom. The molecular formula is C26H31N3O8. The van der Waals surface area contributed by atoms with Gasteiger partial charge in [0.05, 0.1) is 52.7 Å². The number of benzene rings is 1. The molecule has 4 heterocycles. The molecule has 1 aromatic heterocycles. The maximum atomic E-state index is 6.15. The Bertz CT molecular complexity index is 1060. The van der Waals surface area contributed by atoms with Crippen LogP contribution in [0.1, 0.15) is 17.0 Å². The Morgan fingerprint density at radius 2 is 1.16 bits per heavy atom. The number of hydrogen-bond donors (Lipinski definition) is 0. The van der Waals surface area contributed by atoms with Crippen molar-refractivity contribution in [2.45, 2.75) is 6.61 Å². The van der Waals surface area contributed by atoms with Crippen molar-refractivity contribution in [2.75, 3.05) is 79.2 Å². The van der Waals surface area contributed by atoms with Crippen LogP contribution in [-0.4, -0.2) is 95.9 Å². The van der Waals surface area contributed by atoms with Crippen LogP contribution >= 0.6 is 0 Å². The summed E-state index contributed by atoms with van der Waals surface area (Å²) in [5, 5.41) is 0. The summed E-state index contributed by atoms with van der Waals surface area (Å²) in [5.41, 5.74) is 2.09. The van der Waals surface area contributed by atoms with Crippen LogP contribution in [-0.2, 0) is 30.3 Å².